The number of fused-ring (bicyclic) bond motifs is 2. The van der Waals surface area contributed by atoms with Gasteiger partial charge in [0, 0.05) is 0 Å². The standard InChI is InChI=1S/C6H8N4O2/c11-5-3-4(8-6(12)9-5)10-1-2(10)7-3/h2,6-8,12H,1H2,(H,9,11). The molecular formula is C6H8N4O2. The number of aliphatic hydroxyl groups excluding tert-OH is 1. The summed E-state index contributed by atoms with van der Waals surface area (Å²) in [5.74, 6) is 0.472. The van der Waals surface area contributed by atoms with Crippen molar-refractivity contribution in [3.05, 3.63) is 11.5 Å². The van der Waals surface area contributed by atoms with Crippen molar-refractivity contribution in [2.24, 2.45) is 0 Å². The summed E-state index contributed by atoms with van der Waals surface area (Å²) in [6.45, 7) is 0.909. The maximum Gasteiger partial charge on any atom is 0.274 e. The maximum absolute atomic E-state index is 11.2. The van der Waals surface area contributed by atoms with Gasteiger partial charge in [-0.15, -0.1) is 0 Å². The van der Waals surface area contributed by atoms with E-state index < -0.39 is 6.35 Å². The Balaban J connectivity index is 1.99. The van der Waals surface area contributed by atoms with Crippen molar-refractivity contribution in [1.82, 2.24) is 20.9 Å². The first kappa shape index (κ1) is 6.13. The zero-order valence-electron chi connectivity index (χ0n) is 6.16. The molecule has 0 aromatic rings. The van der Waals surface area contributed by atoms with E-state index in [0.29, 0.717) is 5.70 Å². The van der Waals surface area contributed by atoms with E-state index in [1.54, 1.807) is 0 Å². The number of aliphatic hydroxyl groups is 1. The van der Waals surface area contributed by atoms with Crippen molar-refractivity contribution in [2.75, 3.05) is 6.54 Å². The first-order valence-corrected chi connectivity index (χ1v) is 3.78. The molecule has 0 aliphatic carbocycles. The number of hydrogen-bond donors (Lipinski definition) is 4. The molecule has 3 aliphatic rings. The number of rotatable bonds is 0. The molecule has 3 heterocycles. The third-order valence-corrected chi connectivity index (χ3v) is 2.22. The molecule has 0 bridgehead atoms. The zero-order valence-corrected chi connectivity index (χ0v) is 6.16. The fourth-order valence-corrected chi connectivity index (χ4v) is 1.58. The summed E-state index contributed by atoms with van der Waals surface area (Å²) in [6.07, 6.45) is -0.698. The molecule has 3 rings (SSSR count). The van der Waals surface area contributed by atoms with Crippen LogP contribution in [-0.4, -0.2) is 35.0 Å². The van der Waals surface area contributed by atoms with E-state index in [0.717, 1.165) is 12.4 Å². The molecule has 0 saturated carbocycles. The van der Waals surface area contributed by atoms with Crippen molar-refractivity contribution >= 4 is 5.91 Å². The lowest BCUT2D eigenvalue weighted by molar-refractivity contribution is -0.122. The summed E-state index contributed by atoms with van der Waals surface area (Å²) in [5.41, 5.74) is 0.538. The Kier molecular flexibility index (Phi) is 0.848. The molecule has 0 aromatic carbocycles. The highest BCUT2D eigenvalue weighted by Crippen LogP contribution is 2.30. The largest absolute Gasteiger partial charge is 0.356 e. The second-order valence-corrected chi connectivity index (χ2v) is 3.06. The normalized spacial score (nSPS) is 36.4. The lowest BCUT2D eigenvalue weighted by atomic mass is 10.3. The topological polar surface area (TPSA) is 76.4 Å². The van der Waals surface area contributed by atoms with Crippen LogP contribution in [0.4, 0.5) is 0 Å². The molecule has 4 N–H and O–H groups in total. The molecule has 2 unspecified atom stereocenters. The van der Waals surface area contributed by atoms with Crippen LogP contribution in [0.5, 0.6) is 0 Å². The smallest absolute Gasteiger partial charge is 0.274 e. The van der Waals surface area contributed by atoms with Crippen molar-refractivity contribution in [1.29, 1.82) is 0 Å². The van der Waals surface area contributed by atoms with Crippen LogP contribution in [0.15, 0.2) is 11.5 Å². The number of nitrogens with one attached hydrogen (secondary N) is 3. The second kappa shape index (κ2) is 1.66. The fourth-order valence-electron chi connectivity index (χ4n) is 1.58. The first-order valence-electron chi connectivity index (χ1n) is 3.78. The molecule has 0 radical (unpaired) electrons. The summed E-state index contributed by atoms with van der Waals surface area (Å²) in [7, 11) is 0. The molecular weight excluding hydrogens is 160 g/mol. The van der Waals surface area contributed by atoms with E-state index in [-0.39, 0.29) is 12.1 Å². The van der Waals surface area contributed by atoms with Gasteiger partial charge < -0.3 is 26.0 Å². The molecule has 12 heavy (non-hydrogen) atoms. The monoisotopic (exact) mass is 168 g/mol. The first-order chi connectivity index (χ1) is 5.75. The van der Waals surface area contributed by atoms with Crippen molar-refractivity contribution < 1.29 is 9.90 Å². The zero-order chi connectivity index (χ0) is 8.29. The molecule has 0 spiro atoms. The maximum atomic E-state index is 11.2. The van der Waals surface area contributed by atoms with Gasteiger partial charge in [0.1, 0.15) is 17.7 Å². The molecule has 0 aromatic heterocycles. The fraction of sp³-hybridized carbons (Fsp3) is 0.500. The quantitative estimate of drug-likeness (QED) is 0.298. The van der Waals surface area contributed by atoms with E-state index in [4.69, 9.17) is 5.11 Å². The van der Waals surface area contributed by atoms with Gasteiger partial charge in [-0.05, 0) is 0 Å². The summed E-state index contributed by atoms with van der Waals surface area (Å²) < 4.78 is 0. The van der Waals surface area contributed by atoms with Gasteiger partial charge in [-0.3, -0.25) is 4.79 Å². The SMILES string of the molecule is O=C1NC(O)NC2=C1NC1CN21. The molecule has 6 nitrogen and oxygen atoms in total. The molecule has 2 atom stereocenters. The molecule has 1 amide bonds. The highest BCUT2D eigenvalue weighted by Gasteiger charge is 2.48. The minimum Gasteiger partial charge on any atom is -0.356 e. The highest BCUT2D eigenvalue weighted by molar-refractivity contribution is 5.95. The summed E-state index contributed by atoms with van der Waals surface area (Å²) in [6, 6.07) is 0. The number of hydrogen-bond acceptors (Lipinski definition) is 5. The predicted octanol–water partition coefficient (Wildman–Crippen LogP) is -2.60. The third kappa shape index (κ3) is 0.602. The number of amides is 1. The highest BCUT2D eigenvalue weighted by atomic mass is 16.3. The second-order valence-electron chi connectivity index (χ2n) is 3.06. The minimum absolute atomic E-state index is 0.247. The Hall–Kier alpha value is -1.43. The van der Waals surface area contributed by atoms with Crippen molar-refractivity contribution in [3.63, 3.8) is 0 Å². The molecule has 1 fully saturated rings. The van der Waals surface area contributed by atoms with Gasteiger partial charge in [-0.1, -0.05) is 0 Å². The lowest BCUT2D eigenvalue weighted by Crippen LogP contribution is -2.52. The molecule has 3 aliphatic heterocycles. The van der Waals surface area contributed by atoms with Crippen LogP contribution in [0.1, 0.15) is 0 Å². The Bertz CT molecular complexity index is 300. The van der Waals surface area contributed by atoms with Crippen LogP contribution in [0.25, 0.3) is 0 Å². The van der Waals surface area contributed by atoms with Crippen LogP contribution in [-0.2, 0) is 4.79 Å². The van der Waals surface area contributed by atoms with Gasteiger partial charge in [0.05, 0.1) is 6.54 Å². The van der Waals surface area contributed by atoms with Gasteiger partial charge >= 0.3 is 0 Å². The van der Waals surface area contributed by atoms with E-state index in [2.05, 4.69) is 16.0 Å². The van der Waals surface area contributed by atoms with Crippen molar-refractivity contribution in [2.45, 2.75) is 12.5 Å². The van der Waals surface area contributed by atoms with Gasteiger partial charge in [-0.2, -0.15) is 0 Å². The average Bonchev–Trinajstić information content (AvgIpc) is 2.68. The Labute approximate surface area is 68.2 Å². The van der Waals surface area contributed by atoms with Crippen molar-refractivity contribution in [3.8, 4) is 0 Å². The van der Waals surface area contributed by atoms with E-state index in [1.165, 1.54) is 0 Å². The van der Waals surface area contributed by atoms with Gasteiger partial charge in [0.15, 0.2) is 0 Å². The number of nitrogens with zero attached hydrogens (tertiary/aromatic N) is 1. The van der Waals surface area contributed by atoms with E-state index >= 15 is 0 Å². The van der Waals surface area contributed by atoms with Gasteiger partial charge in [0.25, 0.3) is 5.91 Å². The van der Waals surface area contributed by atoms with Crippen LogP contribution in [0, 0.1) is 0 Å². The molecule has 1 saturated heterocycles. The van der Waals surface area contributed by atoms with Crippen LogP contribution >= 0.6 is 0 Å². The number of carbonyl (C=O) groups excluding carboxylic acids is 1. The van der Waals surface area contributed by atoms with Crippen LogP contribution in [0.2, 0.25) is 0 Å². The van der Waals surface area contributed by atoms with Gasteiger partial charge in [0.2, 0.25) is 6.35 Å². The Morgan fingerprint density at radius 3 is 3.08 bits per heavy atom. The average molecular weight is 168 g/mol. The van der Waals surface area contributed by atoms with Crippen LogP contribution in [0.3, 0.4) is 0 Å². The van der Waals surface area contributed by atoms with Crippen LogP contribution < -0.4 is 16.0 Å². The predicted molar refractivity (Wildman–Crippen MR) is 37.9 cm³/mol. The Morgan fingerprint density at radius 1 is 1.42 bits per heavy atom. The molecule has 6 heteroatoms. The summed E-state index contributed by atoms with van der Waals surface area (Å²) in [4.78, 5) is 13.2. The Morgan fingerprint density at radius 2 is 2.25 bits per heavy atom. The minimum atomic E-state index is -0.961. The number of carbonyl (C=O) groups is 1. The molecule has 64 valence electrons. The third-order valence-electron chi connectivity index (χ3n) is 2.22. The summed E-state index contributed by atoms with van der Waals surface area (Å²) >= 11 is 0. The van der Waals surface area contributed by atoms with E-state index in [9.17, 15) is 4.79 Å². The van der Waals surface area contributed by atoms with Gasteiger partial charge in [-0.25, -0.2) is 0 Å². The summed E-state index contributed by atoms with van der Waals surface area (Å²) in [5, 5.41) is 17.3. The lowest BCUT2D eigenvalue weighted by Gasteiger charge is -2.23. The van der Waals surface area contributed by atoms with E-state index in [1.807, 2.05) is 4.90 Å².